The van der Waals surface area contributed by atoms with Crippen molar-refractivity contribution in [3.63, 3.8) is 0 Å². The van der Waals surface area contributed by atoms with Crippen LogP contribution in [0.25, 0.3) is 0 Å². The molecule has 0 bridgehead atoms. The number of terminal acetylenes is 1. The Balaban J connectivity index is 3.35. The predicted octanol–water partition coefficient (Wildman–Crippen LogP) is 2.27. The quantitative estimate of drug-likeness (QED) is 0.487. The fraction of sp³-hybridized carbons (Fsp3) is 0.111. The van der Waals surface area contributed by atoms with Crippen molar-refractivity contribution in [3.8, 4) is 12.3 Å². The van der Waals surface area contributed by atoms with Crippen molar-refractivity contribution in [1.82, 2.24) is 0 Å². The molecule has 1 aromatic carbocycles. The lowest BCUT2D eigenvalue weighted by Crippen LogP contribution is -2.08. The Morgan fingerprint density at radius 3 is 2.38 bits per heavy atom. The van der Waals surface area contributed by atoms with E-state index in [9.17, 15) is 13.2 Å². The summed E-state index contributed by atoms with van der Waals surface area (Å²) in [5, 5.41) is 0. The number of rotatable bonds is 0. The fourth-order valence-electron chi connectivity index (χ4n) is 0.922. The van der Waals surface area contributed by atoms with Crippen LogP contribution in [-0.4, -0.2) is 0 Å². The molecule has 0 spiro atoms. The summed E-state index contributed by atoms with van der Waals surface area (Å²) < 4.78 is 36.8. The van der Waals surface area contributed by atoms with Gasteiger partial charge in [-0.25, -0.2) is 0 Å². The van der Waals surface area contributed by atoms with Crippen LogP contribution in [0.5, 0.6) is 0 Å². The van der Waals surface area contributed by atoms with E-state index in [1.807, 2.05) is 5.92 Å². The summed E-state index contributed by atoms with van der Waals surface area (Å²) in [4.78, 5) is 0. The molecule has 0 aliphatic heterocycles. The Bertz CT molecular complexity index is 360. The van der Waals surface area contributed by atoms with Gasteiger partial charge in [0.15, 0.2) is 0 Å². The first kappa shape index (κ1) is 9.46. The van der Waals surface area contributed by atoms with E-state index in [1.165, 1.54) is 12.1 Å². The molecule has 0 heterocycles. The molecule has 0 saturated carbocycles. The van der Waals surface area contributed by atoms with Gasteiger partial charge in [-0.3, -0.25) is 0 Å². The van der Waals surface area contributed by atoms with Gasteiger partial charge in [0.1, 0.15) is 0 Å². The van der Waals surface area contributed by atoms with Gasteiger partial charge in [-0.15, -0.1) is 6.42 Å². The molecule has 0 radical (unpaired) electrons. The van der Waals surface area contributed by atoms with Crippen LogP contribution in [0.1, 0.15) is 11.1 Å². The van der Waals surface area contributed by atoms with Gasteiger partial charge < -0.3 is 5.73 Å². The number of anilines is 1. The van der Waals surface area contributed by atoms with Crippen molar-refractivity contribution in [2.24, 2.45) is 0 Å². The second-order valence-electron chi connectivity index (χ2n) is 2.45. The highest BCUT2D eigenvalue weighted by molar-refractivity contribution is 5.51. The maximum Gasteiger partial charge on any atom is 0.417 e. The second kappa shape index (κ2) is 3.02. The zero-order chi connectivity index (χ0) is 10.1. The minimum absolute atomic E-state index is 0.0475. The van der Waals surface area contributed by atoms with E-state index in [2.05, 4.69) is 0 Å². The van der Waals surface area contributed by atoms with Crippen molar-refractivity contribution >= 4 is 5.69 Å². The zero-order valence-corrected chi connectivity index (χ0v) is 6.52. The van der Waals surface area contributed by atoms with Gasteiger partial charge in [0.2, 0.25) is 0 Å². The first-order chi connectivity index (χ1) is 5.95. The third-order valence-corrected chi connectivity index (χ3v) is 1.50. The van der Waals surface area contributed by atoms with Crippen molar-refractivity contribution in [3.05, 3.63) is 29.3 Å². The van der Waals surface area contributed by atoms with E-state index in [1.54, 1.807) is 0 Å². The summed E-state index contributed by atoms with van der Waals surface area (Å²) in [5.41, 5.74) is 4.20. The van der Waals surface area contributed by atoms with E-state index < -0.39 is 11.7 Å². The highest BCUT2D eigenvalue weighted by Crippen LogP contribution is 2.32. The maximum absolute atomic E-state index is 12.3. The normalized spacial score (nSPS) is 10.9. The number of benzene rings is 1. The summed E-state index contributed by atoms with van der Waals surface area (Å²) in [7, 11) is 0. The molecule has 0 aliphatic rings. The predicted molar refractivity (Wildman–Crippen MR) is 43.8 cm³/mol. The standard InChI is InChI=1S/C9H6F3N/c1-2-6-3-4-7(13)5-8(6)9(10,11)12/h1,3-5H,13H2. The maximum atomic E-state index is 12.3. The van der Waals surface area contributed by atoms with Crippen molar-refractivity contribution in [1.29, 1.82) is 0 Å². The smallest absolute Gasteiger partial charge is 0.399 e. The summed E-state index contributed by atoms with van der Waals surface area (Å²) >= 11 is 0. The van der Waals surface area contributed by atoms with Gasteiger partial charge in [-0.1, -0.05) is 5.92 Å². The van der Waals surface area contributed by atoms with E-state index in [0.717, 1.165) is 6.07 Å². The number of hydrogen-bond acceptors (Lipinski definition) is 1. The molecule has 4 heteroatoms. The second-order valence-corrected chi connectivity index (χ2v) is 2.45. The van der Waals surface area contributed by atoms with Crippen LogP contribution >= 0.6 is 0 Å². The first-order valence-electron chi connectivity index (χ1n) is 3.38. The fourth-order valence-corrected chi connectivity index (χ4v) is 0.922. The molecular weight excluding hydrogens is 179 g/mol. The average Bonchev–Trinajstić information content (AvgIpc) is 2.03. The van der Waals surface area contributed by atoms with Gasteiger partial charge in [0, 0.05) is 11.3 Å². The molecule has 0 aromatic heterocycles. The lowest BCUT2D eigenvalue weighted by atomic mass is 10.1. The van der Waals surface area contributed by atoms with E-state index in [4.69, 9.17) is 12.2 Å². The summed E-state index contributed by atoms with van der Waals surface area (Å²) in [6, 6.07) is 3.35. The Morgan fingerprint density at radius 2 is 1.92 bits per heavy atom. The minimum atomic E-state index is -4.45. The molecule has 2 N–H and O–H groups in total. The van der Waals surface area contributed by atoms with Gasteiger partial charge >= 0.3 is 6.18 Å². The zero-order valence-electron chi connectivity index (χ0n) is 6.52. The van der Waals surface area contributed by atoms with Crippen LogP contribution in [0.3, 0.4) is 0 Å². The molecule has 0 amide bonds. The van der Waals surface area contributed by atoms with Crippen molar-refractivity contribution in [2.75, 3.05) is 5.73 Å². The highest BCUT2D eigenvalue weighted by atomic mass is 19.4. The molecule has 1 aromatic rings. The van der Waals surface area contributed by atoms with Crippen LogP contribution in [-0.2, 0) is 6.18 Å². The molecule has 0 saturated heterocycles. The number of halogens is 3. The van der Waals surface area contributed by atoms with Crippen LogP contribution in [0, 0.1) is 12.3 Å². The Hall–Kier alpha value is -1.63. The largest absolute Gasteiger partial charge is 0.417 e. The molecule has 68 valence electrons. The SMILES string of the molecule is C#Cc1ccc(N)cc1C(F)(F)F. The van der Waals surface area contributed by atoms with E-state index in [0.29, 0.717) is 0 Å². The first-order valence-corrected chi connectivity index (χ1v) is 3.38. The Labute approximate surface area is 73.4 Å². The van der Waals surface area contributed by atoms with Crippen LogP contribution < -0.4 is 5.73 Å². The number of alkyl halides is 3. The Morgan fingerprint density at radius 1 is 1.31 bits per heavy atom. The van der Waals surface area contributed by atoms with Crippen molar-refractivity contribution in [2.45, 2.75) is 6.18 Å². The van der Waals surface area contributed by atoms with E-state index >= 15 is 0 Å². The molecular formula is C9H6F3N. The van der Waals surface area contributed by atoms with Crippen molar-refractivity contribution < 1.29 is 13.2 Å². The van der Waals surface area contributed by atoms with Crippen LogP contribution in [0.2, 0.25) is 0 Å². The number of hydrogen-bond donors (Lipinski definition) is 1. The lowest BCUT2D eigenvalue weighted by molar-refractivity contribution is -0.137. The van der Waals surface area contributed by atoms with Gasteiger partial charge in [0.05, 0.1) is 5.56 Å². The third kappa shape index (κ3) is 1.94. The molecule has 0 unspecified atom stereocenters. The van der Waals surface area contributed by atoms with Crippen LogP contribution in [0.15, 0.2) is 18.2 Å². The summed E-state index contributed by atoms with van der Waals surface area (Å²) in [6.45, 7) is 0. The highest BCUT2D eigenvalue weighted by Gasteiger charge is 2.33. The van der Waals surface area contributed by atoms with Gasteiger partial charge in [-0.05, 0) is 18.2 Å². The summed E-state index contributed by atoms with van der Waals surface area (Å²) in [6.07, 6.45) is 0.459. The average molecular weight is 185 g/mol. The van der Waals surface area contributed by atoms with Gasteiger partial charge in [0.25, 0.3) is 0 Å². The molecule has 1 rings (SSSR count). The summed E-state index contributed by atoms with van der Waals surface area (Å²) in [5.74, 6) is 1.95. The molecule has 1 nitrogen and oxygen atoms in total. The van der Waals surface area contributed by atoms with Gasteiger partial charge in [-0.2, -0.15) is 13.2 Å². The lowest BCUT2D eigenvalue weighted by Gasteiger charge is -2.09. The molecule has 13 heavy (non-hydrogen) atoms. The van der Waals surface area contributed by atoms with Crippen LogP contribution in [0.4, 0.5) is 18.9 Å². The Kier molecular flexibility index (Phi) is 2.20. The minimum Gasteiger partial charge on any atom is -0.399 e. The topological polar surface area (TPSA) is 26.0 Å². The number of nitrogen functional groups attached to an aromatic ring is 1. The monoisotopic (exact) mass is 185 g/mol. The number of nitrogens with two attached hydrogens (primary N) is 1. The molecule has 0 fully saturated rings. The molecule has 0 aliphatic carbocycles. The third-order valence-electron chi connectivity index (χ3n) is 1.50. The molecule has 0 atom stereocenters. The van der Waals surface area contributed by atoms with E-state index in [-0.39, 0.29) is 11.3 Å².